The van der Waals surface area contributed by atoms with Crippen molar-refractivity contribution in [2.24, 2.45) is 0 Å². The van der Waals surface area contributed by atoms with Gasteiger partial charge in [0.05, 0.1) is 13.1 Å². The van der Waals surface area contributed by atoms with Gasteiger partial charge < -0.3 is 0 Å². The fourth-order valence-corrected chi connectivity index (χ4v) is 5.31. The van der Waals surface area contributed by atoms with Gasteiger partial charge in [0.2, 0.25) is 0 Å². The molecule has 0 aromatic carbocycles. The van der Waals surface area contributed by atoms with Gasteiger partial charge in [0.25, 0.3) is 5.82 Å². The standard InChI is InChI=1S/C32H63N2/c1-4-7-9-11-13-15-16-17-18-19-20-22-24-26-29-34-31-30-33(32(34)27-6-3)28-25-23-21-14-12-10-8-5-2/h30-31H,4-29H2,1-3H3/q+1. The van der Waals surface area contributed by atoms with Gasteiger partial charge in [-0.25, -0.2) is 9.13 Å². The number of imidazole rings is 1. The molecule has 1 heterocycles. The van der Waals surface area contributed by atoms with E-state index in [4.69, 9.17) is 0 Å². The Bertz CT molecular complexity index is 533. The fraction of sp³-hybridized carbons (Fsp3) is 0.906. The van der Waals surface area contributed by atoms with E-state index < -0.39 is 0 Å². The summed E-state index contributed by atoms with van der Waals surface area (Å²) in [6.07, 6.45) is 38.6. The van der Waals surface area contributed by atoms with E-state index in [0.29, 0.717) is 0 Å². The Morgan fingerprint density at radius 1 is 0.500 bits per heavy atom. The van der Waals surface area contributed by atoms with Crippen molar-refractivity contribution >= 4 is 0 Å². The highest BCUT2D eigenvalue weighted by Crippen LogP contribution is 2.14. The van der Waals surface area contributed by atoms with Crippen molar-refractivity contribution in [3.05, 3.63) is 18.2 Å². The van der Waals surface area contributed by atoms with Gasteiger partial charge in [-0.1, -0.05) is 136 Å². The van der Waals surface area contributed by atoms with E-state index in [9.17, 15) is 0 Å². The fourth-order valence-electron chi connectivity index (χ4n) is 5.31. The van der Waals surface area contributed by atoms with Gasteiger partial charge >= 0.3 is 0 Å². The Kier molecular flexibility index (Phi) is 22.0. The van der Waals surface area contributed by atoms with Crippen LogP contribution < -0.4 is 4.57 Å². The number of rotatable bonds is 26. The van der Waals surface area contributed by atoms with E-state index >= 15 is 0 Å². The maximum atomic E-state index is 2.56. The van der Waals surface area contributed by atoms with Gasteiger partial charge in [-0.05, 0) is 32.1 Å². The molecule has 0 amide bonds. The van der Waals surface area contributed by atoms with Crippen LogP contribution in [0.2, 0.25) is 0 Å². The normalized spacial score (nSPS) is 11.5. The van der Waals surface area contributed by atoms with E-state index in [0.717, 1.165) is 0 Å². The van der Waals surface area contributed by atoms with Crippen molar-refractivity contribution in [1.29, 1.82) is 0 Å². The van der Waals surface area contributed by atoms with Crippen LogP contribution in [-0.4, -0.2) is 4.57 Å². The molecule has 0 bridgehead atoms. The van der Waals surface area contributed by atoms with Gasteiger partial charge in [-0.3, -0.25) is 0 Å². The summed E-state index contributed by atoms with van der Waals surface area (Å²) < 4.78 is 5.12. The number of hydrogen-bond acceptors (Lipinski definition) is 0. The third-order valence-corrected chi connectivity index (χ3v) is 7.57. The Labute approximate surface area is 215 Å². The molecule has 0 saturated carbocycles. The van der Waals surface area contributed by atoms with Crippen molar-refractivity contribution in [2.45, 2.75) is 188 Å². The molecule has 0 unspecified atom stereocenters. The number of unbranched alkanes of at least 4 members (excludes halogenated alkanes) is 20. The summed E-state index contributed by atoms with van der Waals surface area (Å²) in [5, 5.41) is 0. The highest BCUT2D eigenvalue weighted by Gasteiger charge is 2.15. The highest BCUT2D eigenvalue weighted by molar-refractivity contribution is 4.84. The number of nitrogens with zero attached hydrogens (tertiary/aromatic N) is 2. The van der Waals surface area contributed by atoms with Crippen LogP contribution in [0, 0.1) is 0 Å². The molecule has 0 saturated heterocycles. The Morgan fingerprint density at radius 2 is 0.912 bits per heavy atom. The van der Waals surface area contributed by atoms with E-state index in [1.54, 1.807) is 5.82 Å². The zero-order chi connectivity index (χ0) is 24.5. The lowest BCUT2D eigenvalue weighted by Gasteiger charge is -2.06. The summed E-state index contributed by atoms with van der Waals surface area (Å²) in [5.41, 5.74) is 0. The molecule has 0 aliphatic heterocycles. The first-order valence-electron chi connectivity index (χ1n) is 15.9. The van der Waals surface area contributed by atoms with Gasteiger partial charge in [0.1, 0.15) is 12.4 Å². The van der Waals surface area contributed by atoms with Crippen LogP contribution in [0.1, 0.15) is 174 Å². The number of aromatic nitrogens is 2. The van der Waals surface area contributed by atoms with Crippen LogP contribution in [0.15, 0.2) is 12.4 Å². The van der Waals surface area contributed by atoms with Crippen LogP contribution in [0.25, 0.3) is 0 Å². The van der Waals surface area contributed by atoms with Gasteiger partial charge in [0, 0.05) is 6.42 Å². The minimum Gasteiger partial charge on any atom is -0.234 e. The average Bonchev–Trinajstić information content (AvgIpc) is 3.22. The molecule has 1 aromatic heterocycles. The van der Waals surface area contributed by atoms with Crippen molar-refractivity contribution in [1.82, 2.24) is 4.57 Å². The first kappa shape index (κ1) is 31.2. The zero-order valence-electron chi connectivity index (χ0n) is 23.9. The lowest BCUT2D eigenvalue weighted by atomic mass is 10.0. The predicted octanol–water partition coefficient (Wildman–Crippen LogP) is 10.4. The third kappa shape index (κ3) is 16.8. The maximum Gasteiger partial charge on any atom is 0.256 e. The summed E-state index contributed by atoms with van der Waals surface area (Å²) in [4.78, 5) is 0. The van der Waals surface area contributed by atoms with Gasteiger partial charge in [-0.15, -0.1) is 0 Å². The highest BCUT2D eigenvalue weighted by atomic mass is 15.1. The number of aryl methyl sites for hydroxylation is 2. The maximum absolute atomic E-state index is 2.56. The molecule has 0 N–H and O–H groups in total. The molecular weight excluding hydrogens is 412 g/mol. The second-order valence-electron chi connectivity index (χ2n) is 10.9. The summed E-state index contributed by atoms with van der Waals surface area (Å²) in [6.45, 7) is 9.37. The molecule has 0 aliphatic rings. The van der Waals surface area contributed by atoms with Gasteiger partial charge in [-0.2, -0.15) is 0 Å². The summed E-state index contributed by atoms with van der Waals surface area (Å²) >= 11 is 0. The molecule has 34 heavy (non-hydrogen) atoms. The molecule has 0 fully saturated rings. The van der Waals surface area contributed by atoms with E-state index in [-0.39, 0.29) is 0 Å². The molecule has 200 valence electrons. The largest absolute Gasteiger partial charge is 0.256 e. The Morgan fingerprint density at radius 3 is 1.35 bits per heavy atom. The topological polar surface area (TPSA) is 8.81 Å². The Hall–Kier alpha value is -0.790. The van der Waals surface area contributed by atoms with Crippen molar-refractivity contribution in [2.75, 3.05) is 0 Å². The van der Waals surface area contributed by atoms with E-state index in [1.807, 2.05) is 0 Å². The van der Waals surface area contributed by atoms with Crippen LogP contribution in [0.4, 0.5) is 0 Å². The SMILES string of the molecule is CCCCCCCCCCCCCCCC[n+]1ccn(CCCCCCCCCC)c1CCC. The molecule has 1 aromatic rings. The smallest absolute Gasteiger partial charge is 0.234 e. The molecule has 0 radical (unpaired) electrons. The monoisotopic (exact) mass is 475 g/mol. The van der Waals surface area contributed by atoms with Crippen LogP contribution >= 0.6 is 0 Å². The molecule has 1 rings (SSSR count). The minimum atomic E-state index is 1.22. The summed E-state index contributed by atoms with van der Waals surface area (Å²) in [6, 6.07) is 0. The minimum absolute atomic E-state index is 1.22. The molecule has 2 nitrogen and oxygen atoms in total. The van der Waals surface area contributed by atoms with Crippen LogP contribution in [0.3, 0.4) is 0 Å². The zero-order valence-corrected chi connectivity index (χ0v) is 23.9. The molecule has 0 aliphatic carbocycles. The lowest BCUT2D eigenvalue weighted by molar-refractivity contribution is -0.704. The molecule has 0 atom stereocenters. The second-order valence-corrected chi connectivity index (χ2v) is 10.9. The molecular formula is C32H63N2+. The summed E-state index contributed by atoms with van der Waals surface area (Å²) in [5.74, 6) is 1.57. The number of hydrogen-bond donors (Lipinski definition) is 0. The van der Waals surface area contributed by atoms with Crippen molar-refractivity contribution in [3.63, 3.8) is 0 Å². The quantitative estimate of drug-likeness (QED) is 0.0930. The van der Waals surface area contributed by atoms with Gasteiger partial charge in [0.15, 0.2) is 0 Å². The second kappa shape index (κ2) is 23.9. The predicted molar refractivity (Wildman–Crippen MR) is 152 cm³/mol. The molecule has 2 heteroatoms. The van der Waals surface area contributed by atoms with Crippen molar-refractivity contribution < 1.29 is 4.57 Å². The van der Waals surface area contributed by atoms with E-state index in [2.05, 4.69) is 42.3 Å². The van der Waals surface area contributed by atoms with Crippen molar-refractivity contribution in [3.8, 4) is 0 Å². The summed E-state index contributed by atoms with van der Waals surface area (Å²) in [7, 11) is 0. The first-order valence-corrected chi connectivity index (χ1v) is 15.9. The first-order chi connectivity index (χ1) is 16.8. The van der Waals surface area contributed by atoms with Crippen LogP contribution in [0.5, 0.6) is 0 Å². The average molecular weight is 476 g/mol. The van der Waals surface area contributed by atoms with Crippen LogP contribution in [-0.2, 0) is 19.5 Å². The molecule has 0 spiro atoms. The Balaban J connectivity index is 2.06. The van der Waals surface area contributed by atoms with E-state index in [1.165, 1.54) is 167 Å². The lowest BCUT2D eigenvalue weighted by Crippen LogP contribution is -2.37. The third-order valence-electron chi connectivity index (χ3n) is 7.57.